The van der Waals surface area contributed by atoms with Gasteiger partial charge in [-0.3, -0.25) is 4.79 Å². The van der Waals surface area contributed by atoms with Crippen molar-refractivity contribution >= 4 is 17.6 Å². The van der Waals surface area contributed by atoms with Crippen LogP contribution < -0.4 is 5.73 Å². The van der Waals surface area contributed by atoms with Crippen LogP contribution in [0.15, 0.2) is 18.2 Å². The zero-order valence-corrected chi connectivity index (χ0v) is 13.3. The fourth-order valence-electron chi connectivity index (χ4n) is 2.22. The van der Waals surface area contributed by atoms with Crippen LogP contribution >= 0.6 is 0 Å². The van der Waals surface area contributed by atoms with Crippen LogP contribution in [-0.4, -0.2) is 35.5 Å². The lowest BCUT2D eigenvalue weighted by molar-refractivity contribution is -0.138. The highest BCUT2D eigenvalue weighted by Crippen LogP contribution is 2.14. The Morgan fingerprint density at radius 2 is 1.76 bits per heavy atom. The van der Waals surface area contributed by atoms with Gasteiger partial charge in [-0.15, -0.1) is 0 Å². The molecule has 0 spiro atoms. The van der Waals surface area contributed by atoms with Crippen molar-refractivity contribution in [3.05, 3.63) is 29.3 Å². The molecule has 0 saturated heterocycles. The summed E-state index contributed by atoms with van der Waals surface area (Å²) < 4.78 is 5.08. The van der Waals surface area contributed by atoms with Gasteiger partial charge in [-0.05, 0) is 52.3 Å². The molecular weight excluding hydrogens is 268 g/mol. The van der Waals surface area contributed by atoms with Gasteiger partial charge in [0, 0.05) is 17.8 Å². The van der Waals surface area contributed by atoms with Gasteiger partial charge < -0.3 is 15.4 Å². The minimum Gasteiger partial charge on any atom is -0.452 e. The average Bonchev–Trinajstić information content (AvgIpc) is 2.38. The van der Waals surface area contributed by atoms with Crippen LogP contribution in [0.25, 0.3) is 0 Å². The van der Waals surface area contributed by atoms with Gasteiger partial charge in [0.05, 0.1) is 5.56 Å². The predicted octanol–water partition coefficient (Wildman–Crippen LogP) is 2.38. The molecule has 1 aromatic rings. The smallest absolute Gasteiger partial charge is 0.338 e. The second-order valence-corrected chi connectivity index (χ2v) is 5.64. The largest absolute Gasteiger partial charge is 0.452 e. The standard InChI is InChI=1S/C16H24N2O3/c1-10(2)18(11(3)4)15(19)9-21-16(20)13-7-6-12(5)14(17)8-13/h6-8,10-11H,9,17H2,1-5H3. The molecular formula is C16H24N2O3. The first-order chi connectivity index (χ1) is 9.73. The molecule has 0 aliphatic rings. The topological polar surface area (TPSA) is 72.6 Å². The molecule has 0 aromatic heterocycles. The summed E-state index contributed by atoms with van der Waals surface area (Å²) in [5.41, 5.74) is 7.54. The number of carbonyl (C=O) groups excluding carboxylic acids is 2. The molecule has 0 saturated carbocycles. The number of amides is 1. The minimum atomic E-state index is -0.539. The molecule has 5 nitrogen and oxygen atoms in total. The highest BCUT2D eigenvalue weighted by Gasteiger charge is 2.21. The number of carbonyl (C=O) groups is 2. The second kappa shape index (κ2) is 7.11. The number of benzene rings is 1. The molecule has 5 heteroatoms. The summed E-state index contributed by atoms with van der Waals surface area (Å²) in [4.78, 5) is 25.7. The van der Waals surface area contributed by atoms with E-state index < -0.39 is 5.97 Å². The van der Waals surface area contributed by atoms with Crippen molar-refractivity contribution in [1.82, 2.24) is 4.90 Å². The number of hydrogen-bond donors (Lipinski definition) is 1. The first kappa shape index (κ1) is 17.0. The molecule has 0 aliphatic carbocycles. The van der Waals surface area contributed by atoms with Crippen molar-refractivity contribution in [2.24, 2.45) is 0 Å². The highest BCUT2D eigenvalue weighted by atomic mass is 16.5. The van der Waals surface area contributed by atoms with Gasteiger partial charge in [-0.1, -0.05) is 6.07 Å². The maximum Gasteiger partial charge on any atom is 0.338 e. The second-order valence-electron chi connectivity index (χ2n) is 5.64. The van der Waals surface area contributed by atoms with Gasteiger partial charge in [0.25, 0.3) is 5.91 Å². The molecule has 0 fully saturated rings. The molecule has 21 heavy (non-hydrogen) atoms. The Balaban J connectivity index is 2.67. The fourth-order valence-corrected chi connectivity index (χ4v) is 2.22. The number of nitrogens with two attached hydrogens (primary N) is 1. The van der Waals surface area contributed by atoms with E-state index in [1.54, 1.807) is 23.1 Å². The molecule has 1 aromatic carbocycles. The summed E-state index contributed by atoms with van der Waals surface area (Å²) in [6.45, 7) is 9.32. The Kier molecular flexibility index (Phi) is 5.76. The number of nitrogen functional groups attached to an aromatic ring is 1. The zero-order chi connectivity index (χ0) is 16.2. The van der Waals surface area contributed by atoms with Crippen LogP contribution in [0.2, 0.25) is 0 Å². The third kappa shape index (κ3) is 4.48. The lowest BCUT2D eigenvalue weighted by Gasteiger charge is -2.30. The average molecular weight is 292 g/mol. The lowest BCUT2D eigenvalue weighted by Crippen LogP contribution is -2.44. The van der Waals surface area contributed by atoms with E-state index in [0.29, 0.717) is 11.3 Å². The van der Waals surface area contributed by atoms with Crippen LogP contribution in [0.5, 0.6) is 0 Å². The molecule has 0 unspecified atom stereocenters. The van der Waals surface area contributed by atoms with E-state index in [-0.39, 0.29) is 24.6 Å². The Hall–Kier alpha value is -2.04. The molecule has 0 bridgehead atoms. The van der Waals surface area contributed by atoms with Crippen molar-refractivity contribution in [3.8, 4) is 0 Å². The number of anilines is 1. The Bertz CT molecular complexity index is 516. The van der Waals surface area contributed by atoms with Crippen molar-refractivity contribution in [2.45, 2.75) is 46.7 Å². The number of esters is 1. The van der Waals surface area contributed by atoms with E-state index in [1.165, 1.54) is 0 Å². The van der Waals surface area contributed by atoms with E-state index >= 15 is 0 Å². The van der Waals surface area contributed by atoms with Crippen molar-refractivity contribution < 1.29 is 14.3 Å². The van der Waals surface area contributed by atoms with E-state index in [0.717, 1.165) is 5.56 Å². The van der Waals surface area contributed by atoms with E-state index in [4.69, 9.17) is 10.5 Å². The maximum absolute atomic E-state index is 12.1. The molecule has 116 valence electrons. The summed E-state index contributed by atoms with van der Waals surface area (Å²) >= 11 is 0. The van der Waals surface area contributed by atoms with Gasteiger partial charge in [0.2, 0.25) is 0 Å². The van der Waals surface area contributed by atoms with Crippen molar-refractivity contribution in [1.29, 1.82) is 0 Å². The Morgan fingerprint density at radius 3 is 2.24 bits per heavy atom. The van der Waals surface area contributed by atoms with E-state index in [9.17, 15) is 9.59 Å². The lowest BCUT2D eigenvalue weighted by atomic mass is 10.1. The van der Waals surface area contributed by atoms with Gasteiger partial charge in [0.15, 0.2) is 6.61 Å². The summed E-state index contributed by atoms with van der Waals surface area (Å²) in [5.74, 6) is -0.740. The van der Waals surface area contributed by atoms with Gasteiger partial charge in [-0.25, -0.2) is 4.79 Å². The zero-order valence-electron chi connectivity index (χ0n) is 13.3. The van der Waals surface area contributed by atoms with Crippen LogP contribution in [0, 0.1) is 6.92 Å². The van der Waals surface area contributed by atoms with E-state index in [1.807, 2.05) is 34.6 Å². The first-order valence-corrected chi connectivity index (χ1v) is 7.08. The van der Waals surface area contributed by atoms with Gasteiger partial charge >= 0.3 is 5.97 Å². The predicted molar refractivity (Wildman–Crippen MR) is 83.0 cm³/mol. The van der Waals surface area contributed by atoms with Crippen LogP contribution in [0.4, 0.5) is 5.69 Å². The number of hydrogen-bond acceptors (Lipinski definition) is 4. The molecule has 1 amide bonds. The van der Waals surface area contributed by atoms with Crippen LogP contribution in [-0.2, 0) is 9.53 Å². The Morgan fingerprint density at radius 1 is 1.19 bits per heavy atom. The molecule has 0 atom stereocenters. The molecule has 0 aliphatic heterocycles. The quantitative estimate of drug-likeness (QED) is 0.668. The Labute approximate surface area is 126 Å². The van der Waals surface area contributed by atoms with Crippen LogP contribution in [0.3, 0.4) is 0 Å². The minimum absolute atomic E-state index is 0.0613. The summed E-state index contributed by atoms with van der Waals surface area (Å²) in [6.07, 6.45) is 0. The number of aryl methyl sites for hydroxylation is 1. The monoisotopic (exact) mass is 292 g/mol. The normalized spacial score (nSPS) is 10.8. The van der Waals surface area contributed by atoms with Crippen LogP contribution in [0.1, 0.15) is 43.6 Å². The maximum atomic E-state index is 12.1. The third-order valence-electron chi connectivity index (χ3n) is 3.24. The molecule has 0 radical (unpaired) electrons. The van der Waals surface area contributed by atoms with Crippen molar-refractivity contribution in [3.63, 3.8) is 0 Å². The van der Waals surface area contributed by atoms with E-state index in [2.05, 4.69) is 0 Å². The van der Waals surface area contributed by atoms with Gasteiger partial charge in [-0.2, -0.15) is 0 Å². The summed E-state index contributed by atoms with van der Waals surface area (Å²) in [6, 6.07) is 5.08. The number of nitrogens with zero attached hydrogens (tertiary/aromatic N) is 1. The molecule has 1 rings (SSSR count). The summed E-state index contributed by atoms with van der Waals surface area (Å²) in [5, 5.41) is 0. The third-order valence-corrected chi connectivity index (χ3v) is 3.24. The van der Waals surface area contributed by atoms with Crippen molar-refractivity contribution in [2.75, 3.05) is 12.3 Å². The molecule has 0 heterocycles. The number of rotatable bonds is 5. The summed E-state index contributed by atoms with van der Waals surface area (Å²) in [7, 11) is 0. The highest BCUT2D eigenvalue weighted by molar-refractivity contribution is 5.92. The molecule has 2 N–H and O–H groups in total. The number of ether oxygens (including phenoxy) is 1. The fraction of sp³-hybridized carbons (Fsp3) is 0.500. The SMILES string of the molecule is Cc1ccc(C(=O)OCC(=O)N(C(C)C)C(C)C)cc1N. The van der Waals surface area contributed by atoms with Gasteiger partial charge in [0.1, 0.15) is 0 Å². The first-order valence-electron chi connectivity index (χ1n) is 7.08.